The first-order chi connectivity index (χ1) is 5.15. The van der Waals surface area contributed by atoms with Crippen LogP contribution in [0.4, 0.5) is 0 Å². The van der Waals surface area contributed by atoms with Gasteiger partial charge in [0, 0.05) is 20.0 Å². The van der Waals surface area contributed by atoms with Crippen molar-refractivity contribution in [2.75, 3.05) is 13.1 Å². The molecule has 0 aromatic rings. The van der Waals surface area contributed by atoms with Crippen molar-refractivity contribution in [2.45, 2.75) is 13.8 Å². The fraction of sp³-hybridized carbons (Fsp3) is 0.667. The van der Waals surface area contributed by atoms with E-state index in [1.807, 2.05) is 11.0 Å². The third kappa shape index (κ3) is 1.62. The van der Waals surface area contributed by atoms with Crippen LogP contribution in [0.3, 0.4) is 0 Å². The SMILES string of the molecule is C=C[C@@H]1CN(C(C)=O)C[C@@H]1C. The number of hydrogen-bond acceptors (Lipinski definition) is 1. The maximum Gasteiger partial charge on any atom is 0.219 e. The lowest BCUT2D eigenvalue weighted by atomic mass is 9.99. The fourth-order valence-corrected chi connectivity index (χ4v) is 1.56. The highest BCUT2D eigenvalue weighted by molar-refractivity contribution is 5.73. The molecule has 1 heterocycles. The Morgan fingerprint density at radius 1 is 1.64 bits per heavy atom. The Balaban J connectivity index is 2.56. The van der Waals surface area contributed by atoms with E-state index < -0.39 is 0 Å². The minimum absolute atomic E-state index is 0.182. The molecule has 1 fully saturated rings. The van der Waals surface area contributed by atoms with Crippen LogP contribution in [0.25, 0.3) is 0 Å². The van der Waals surface area contributed by atoms with E-state index in [4.69, 9.17) is 0 Å². The molecule has 2 heteroatoms. The predicted octanol–water partition coefficient (Wildman–Crippen LogP) is 1.29. The van der Waals surface area contributed by atoms with Crippen LogP contribution in [0, 0.1) is 11.8 Å². The summed E-state index contributed by atoms with van der Waals surface area (Å²) >= 11 is 0. The van der Waals surface area contributed by atoms with E-state index in [0.29, 0.717) is 11.8 Å². The summed E-state index contributed by atoms with van der Waals surface area (Å²) in [6.45, 7) is 9.29. The minimum atomic E-state index is 0.182. The summed E-state index contributed by atoms with van der Waals surface area (Å²) in [5, 5.41) is 0. The normalized spacial score (nSPS) is 30.5. The number of nitrogens with zero attached hydrogens (tertiary/aromatic N) is 1. The summed E-state index contributed by atoms with van der Waals surface area (Å²) in [4.78, 5) is 12.8. The molecule has 0 unspecified atom stereocenters. The largest absolute Gasteiger partial charge is 0.342 e. The first-order valence-corrected chi connectivity index (χ1v) is 4.03. The van der Waals surface area contributed by atoms with Gasteiger partial charge in [0.1, 0.15) is 0 Å². The van der Waals surface area contributed by atoms with Gasteiger partial charge in [-0.3, -0.25) is 4.79 Å². The molecule has 0 bridgehead atoms. The van der Waals surface area contributed by atoms with Crippen molar-refractivity contribution in [1.29, 1.82) is 0 Å². The maximum absolute atomic E-state index is 10.9. The maximum atomic E-state index is 10.9. The van der Waals surface area contributed by atoms with E-state index in [2.05, 4.69) is 13.5 Å². The van der Waals surface area contributed by atoms with Crippen molar-refractivity contribution in [3.63, 3.8) is 0 Å². The molecule has 1 aliphatic rings. The van der Waals surface area contributed by atoms with Gasteiger partial charge >= 0.3 is 0 Å². The van der Waals surface area contributed by atoms with E-state index in [0.717, 1.165) is 13.1 Å². The zero-order valence-electron chi connectivity index (χ0n) is 7.21. The van der Waals surface area contributed by atoms with Crippen LogP contribution in [-0.4, -0.2) is 23.9 Å². The molecule has 0 aliphatic carbocycles. The number of carbonyl (C=O) groups is 1. The summed E-state index contributed by atoms with van der Waals surface area (Å²) in [5.41, 5.74) is 0. The number of rotatable bonds is 1. The van der Waals surface area contributed by atoms with E-state index in [1.165, 1.54) is 0 Å². The second-order valence-electron chi connectivity index (χ2n) is 3.30. The molecule has 0 aromatic heterocycles. The molecule has 1 amide bonds. The average molecular weight is 153 g/mol. The predicted molar refractivity (Wildman–Crippen MR) is 45.1 cm³/mol. The zero-order chi connectivity index (χ0) is 8.43. The van der Waals surface area contributed by atoms with Gasteiger partial charge in [0.25, 0.3) is 0 Å². The van der Waals surface area contributed by atoms with Crippen molar-refractivity contribution in [3.8, 4) is 0 Å². The number of amides is 1. The van der Waals surface area contributed by atoms with Crippen molar-refractivity contribution in [2.24, 2.45) is 11.8 Å². The summed E-state index contributed by atoms with van der Waals surface area (Å²) < 4.78 is 0. The third-order valence-electron chi connectivity index (χ3n) is 2.42. The lowest BCUT2D eigenvalue weighted by Gasteiger charge is -2.11. The van der Waals surface area contributed by atoms with Gasteiger partial charge in [-0.1, -0.05) is 13.0 Å². The molecule has 2 atom stereocenters. The van der Waals surface area contributed by atoms with Gasteiger partial charge in [0.15, 0.2) is 0 Å². The van der Waals surface area contributed by atoms with Crippen LogP contribution in [0.15, 0.2) is 12.7 Å². The number of hydrogen-bond donors (Lipinski definition) is 0. The van der Waals surface area contributed by atoms with Crippen LogP contribution in [0.1, 0.15) is 13.8 Å². The minimum Gasteiger partial charge on any atom is -0.342 e. The molecule has 0 aromatic carbocycles. The topological polar surface area (TPSA) is 20.3 Å². The fourth-order valence-electron chi connectivity index (χ4n) is 1.56. The lowest BCUT2D eigenvalue weighted by molar-refractivity contribution is -0.127. The van der Waals surface area contributed by atoms with Gasteiger partial charge in [0.2, 0.25) is 5.91 Å². The van der Waals surface area contributed by atoms with Crippen LogP contribution < -0.4 is 0 Å². The Bertz CT molecular complexity index is 176. The van der Waals surface area contributed by atoms with Gasteiger partial charge in [-0.15, -0.1) is 6.58 Å². The van der Waals surface area contributed by atoms with Gasteiger partial charge in [-0.05, 0) is 11.8 Å². The molecule has 2 nitrogen and oxygen atoms in total. The Morgan fingerprint density at radius 3 is 2.55 bits per heavy atom. The molecule has 0 N–H and O–H groups in total. The highest BCUT2D eigenvalue weighted by atomic mass is 16.2. The molecule has 1 aliphatic heterocycles. The van der Waals surface area contributed by atoms with E-state index in [9.17, 15) is 4.79 Å². The van der Waals surface area contributed by atoms with E-state index >= 15 is 0 Å². The number of carbonyl (C=O) groups excluding carboxylic acids is 1. The quantitative estimate of drug-likeness (QED) is 0.520. The van der Waals surface area contributed by atoms with Gasteiger partial charge < -0.3 is 4.90 Å². The molecule has 11 heavy (non-hydrogen) atoms. The first kappa shape index (κ1) is 8.31. The van der Waals surface area contributed by atoms with Crippen molar-refractivity contribution in [1.82, 2.24) is 4.90 Å². The Hall–Kier alpha value is -0.790. The van der Waals surface area contributed by atoms with Gasteiger partial charge in [-0.2, -0.15) is 0 Å². The Labute approximate surface area is 67.9 Å². The van der Waals surface area contributed by atoms with E-state index in [1.54, 1.807) is 6.92 Å². The monoisotopic (exact) mass is 153 g/mol. The second kappa shape index (κ2) is 3.07. The second-order valence-corrected chi connectivity index (χ2v) is 3.30. The number of likely N-dealkylation sites (tertiary alicyclic amines) is 1. The standard InChI is InChI=1S/C9H15NO/c1-4-9-6-10(8(3)11)5-7(9)2/h4,7,9H,1,5-6H2,2-3H3/t7-,9+/m0/s1. The van der Waals surface area contributed by atoms with Crippen molar-refractivity contribution < 1.29 is 4.79 Å². The molecular formula is C9H15NO. The molecule has 0 radical (unpaired) electrons. The highest BCUT2D eigenvalue weighted by Crippen LogP contribution is 2.23. The Morgan fingerprint density at radius 2 is 2.27 bits per heavy atom. The van der Waals surface area contributed by atoms with E-state index in [-0.39, 0.29) is 5.91 Å². The molecule has 0 saturated carbocycles. The molecule has 1 rings (SSSR count). The summed E-state index contributed by atoms with van der Waals surface area (Å²) in [5.74, 6) is 1.26. The molecular weight excluding hydrogens is 138 g/mol. The molecule has 0 spiro atoms. The highest BCUT2D eigenvalue weighted by Gasteiger charge is 2.28. The van der Waals surface area contributed by atoms with Gasteiger partial charge in [-0.25, -0.2) is 0 Å². The first-order valence-electron chi connectivity index (χ1n) is 4.03. The molecule has 1 saturated heterocycles. The third-order valence-corrected chi connectivity index (χ3v) is 2.42. The average Bonchev–Trinajstić information content (AvgIpc) is 2.31. The zero-order valence-corrected chi connectivity index (χ0v) is 7.21. The summed E-state index contributed by atoms with van der Waals surface area (Å²) in [6.07, 6.45) is 1.95. The Kier molecular flexibility index (Phi) is 2.32. The van der Waals surface area contributed by atoms with Crippen LogP contribution in [0.2, 0.25) is 0 Å². The van der Waals surface area contributed by atoms with Crippen LogP contribution in [-0.2, 0) is 4.79 Å². The van der Waals surface area contributed by atoms with Crippen LogP contribution in [0.5, 0.6) is 0 Å². The van der Waals surface area contributed by atoms with Crippen LogP contribution >= 0.6 is 0 Å². The lowest BCUT2D eigenvalue weighted by Crippen LogP contribution is -2.25. The van der Waals surface area contributed by atoms with Crippen molar-refractivity contribution in [3.05, 3.63) is 12.7 Å². The van der Waals surface area contributed by atoms with Gasteiger partial charge in [0.05, 0.1) is 0 Å². The summed E-state index contributed by atoms with van der Waals surface area (Å²) in [6, 6.07) is 0. The smallest absolute Gasteiger partial charge is 0.219 e. The molecule has 62 valence electrons. The summed E-state index contributed by atoms with van der Waals surface area (Å²) in [7, 11) is 0. The van der Waals surface area contributed by atoms with Crippen molar-refractivity contribution >= 4 is 5.91 Å².